The SMILES string of the molecule is CCN(CC)C(=O)C1=C(C)N=c2s/c(=C\c3cc(Cl)ccc3O)c(=O)n2C1c1c(OC)ccc2ccccc12. The Hall–Kier alpha value is -3.88. The molecule has 1 amide bonds. The van der Waals surface area contributed by atoms with E-state index < -0.39 is 6.04 Å². The first-order valence-corrected chi connectivity index (χ1v) is 13.8. The quantitative estimate of drug-likeness (QED) is 0.372. The average molecular weight is 562 g/mol. The van der Waals surface area contributed by atoms with Crippen LogP contribution < -0.4 is 19.6 Å². The maximum Gasteiger partial charge on any atom is 0.271 e. The molecule has 3 aromatic carbocycles. The molecular formula is C30H28ClN3O4S. The normalized spacial score (nSPS) is 15.3. The Kier molecular flexibility index (Phi) is 7.34. The first-order valence-electron chi connectivity index (χ1n) is 12.6. The van der Waals surface area contributed by atoms with Gasteiger partial charge in [-0.3, -0.25) is 14.2 Å². The predicted molar refractivity (Wildman–Crippen MR) is 155 cm³/mol. The number of fused-ring (bicyclic) bond motifs is 2. The van der Waals surface area contributed by atoms with E-state index in [-0.39, 0.29) is 17.2 Å². The number of methoxy groups -OCH3 is 1. The third-order valence-electron chi connectivity index (χ3n) is 7.00. The van der Waals surface area contributed by atoms with Gasteiger partial charge in [0.15, 0.2) is 4.80 Å². The molecule has 0 saturated carbocycles. The van der Waals surface area contributed by atoms with Gasteiger partial charge in [0, 0.05) is 29.2 Å². The van der Waals surface area contributed by atoms with Crippen LogP contribution in [0.4, 0.5) is 0 Å². The van der Waals surface area contributed by atoms with E-state index in [1.807, 2.05) is 50.2 Å². The molecule has 4 aromatic rings. The number of aromatic nitrogens is 1. The van der Waals surface area contributed by atoms with Crippen molar-refractivity contribution in [3.05, 3.63) is 102 Å². The van der Waals surface area contributed by atoms with Crippen molar-refractivity contribution in [3.8, 4) is 11.5 Å². The Morgan fingerprint density at radius 2 is 1.92 bits per heavy atom. The van der Waals surface area contributed by atoms with Gasteiger partial charge in [0.1, 0.15) is 17.5 Å². The second-order valence-corrected chi connectivity index (χ2v) is 10.6. The molecule has 1 N–H and O–H groups in total. The third-order valence-corrected chi connectivity index (χ3v) is 8.22. The maximum atomic E-state index is 14.1. The van der Waals surface area contributed by atoms with Crippen molar-refractivity contribution < 1.29 is 14.6 Å². The minimum absolute atomic E-state index is 0.00564. The van der Waals surface area contributed by atoms with E-state index in [0.29, 0.717) is 50.0 Å². The summed E-state index contributed by atoms with van der Waals surface area (Å²) < 4.78 is 7.76. The number of carbonyl (C=O) groups excluding carboxylic acids is 1. The van der Waals surface area contributed by atoms with E-state index in [9.17, 15) is 14.7 Å². The Bertz CT molecular complexity index is 1820. The number of phenols is 1. The highest BCUT2D eigenvalue weighted by molar-refractivity contribution is 7.07. The molecule has 7 nitrogen and oxygen atoms in total. The van der Waals surface area contributed by atoms with Gasteiger partial charge in [-0.1, -0.05) is 53.3 Å². The standard InChI is InChI=1S/C30H28ClN3O4S/c1-5-33(6-2)29(37)25-17(3)32-30-34(28(36)24(39-30)16-19-15-20(31)12-13-22(19)35)27(25)26-21-10-8-7-9-18(21)11-14-23(26)38-4/h7-16,27,35H,5-6H2,1-4H3/b24-16-. The molecule has 9 heteroatoms. The molecule has 1 aromatic heterocycles. The Balaban J connectivity index is 1.87. The first kappa shape index (κ1) is 26.7. The number of nitrogens with zero attached hydrogens (tertiary/aromatic N) is 3. The van der Waals surface area contributed by atoms with Crippen LogP contribution in [0.3, 0.4) is 0 Å². The van der Waals surface area contributed by atoms with Crippen LogP contribution in [0.15, 0.2) is 75.7 Å². The zero-order chi connectivity index (χ0) is 27.8. The number of thiazole rings is 1. The number of amides is 1. The average Bonchev–Trinajstić information content (AvgIpc) is 3.24. The van der Waals surface area contributed by atoms with E-state index in [1.165, 1.54) is 17.4 Å². The van der Waals surface area contributed by atoms with Gasteiger partial charge in [0.05, 0.1) is 22.9 Å². The number of likely N-dealkylation sites (N-methyl/N-ethyl adjacent to an activating group) is 1. The molecule has 0 spiro atoms. The van der Waals surface area contributed by atoms with E-state index in [4.69, 9.17) is 21.3 Å². The number of hydrogen-bond donors (Lipinski definition) is 1. The van der Waals surface area contributed by atoms with E-state index in [2.05, 4.69) is 0 Å². The number of phenolic OH excluding ortho intramolecular Hbond substituents is 1. The van der Waals surface area contributed by atoms with Crippen LogP contribution in [-0.2, 0) is 4.79 Å². The number of allylic oxidation sites excluding steroid dienone is 1. The number of hydrogen-bond acceptors (Lipinski definition) is 6. The minimum atomic E-state index is -0.773. The zero-order valence-electron chi connectivity index (χ0n) is 22.1. The number of halogens is 1. The van der Waals surface area contributed by atoms with Crippen molar-refractivity contribution in [2.45, 2.75) is 26.8 Å². The zero-order valence-corrected chi connectivity index (χ0v) is 23.6. The minimum Gasteiger partial charge on any atom is -0.507 e. The van der Waals surface area contributed by atoms with Gasteiger partial charge < -0.3 is 14.7 Å². The molecular weight excluding hydrogens is 534 g/mol. The number of ether oxygens (including phenoxy) is 1. The molecule has 5 rings (SSSR count). The van der Waals surface area contributed by atoms with Crippen LogP contribution in [0, 0.1) is 0 Å². The van der Waals surface area contributed by atoms with Crippen molar-refractivity contribution in [1.82, 2.24) is 9.47 Å². The monoisotopic (exact) mass is 561 g/mol. The molecule has 1 unspecified atom stereocenters. The maximum absolute atomic E-state index is 14.1. The second kappa shape index (κ2) is 10.7. The lowest BCUT2D eigenvalue weighted by Gasteiger charge is -2.30. The highest BCUT2D eigenvalue weighted by Crippen LogP contribution is 2.40. The molecule has 2 heterocycles. The van der Waals surface area contributed by atoms with E-state index >= 15 is 0 Å². The van der Waals surface area contributed by atoms with E-state index in [0.717, 1.165) is 16.3 Å². The van der Waals surface area contributed by atoms with Crippen molar-refractivity contribution in [3.63, 3.8) is 0 Å². The summed E-state index contributed by atoms with van der Waals surface area (Å²) in [7, 11) is 1.59. The summed E-state index contributed by atoms with van der Waals surface area (Å²) in [5, 5.41) is 12.7. The second-order valence-electron chi connectivity index (χ2n) is 9.17. The van der Waals surface area contributed by atoms with Gasteiger partial charge in [-0.2, -0.15) is 0 Å². The summed E-state index contributed by atoms with van der Waals surface area (Å²) in [4.78, 5) is 35.0. The largest absolute Gasteiger partial charge is 0.507 e. The Labute approximate surface area is 234 Å². The van der Waals surface area contributed by atoms with Crippen LogP contribution in [0.25, 0.3) is 16.8 Å². The fourth-order valence-electron chi connectivity index (χ4n) is 5.07. The molecule has 0 radical (unpaired) electrons. The first-order chi connectivity index (χ1) is 18.8. The van der Waals surface area contributed by atoms with Crippen LogP contribution >= 0.6 is 22.9 Å². The summed E-state index contributed by atoms with van der Waals surface area (Å²) in [6.07, 6.45) is 1.60. The highest BCUT2D eigenvalue weighted by atomic mass is 35.5. The topological polar surface area (TPSA) is 84.1 Å². The van der Waals surface area contributed by atoms with Gasteiger partial charge in [0.25, 0.3) is 11.5 Å². The lowest BCUT2D eigenvalue weighted by atomic mass is 9.90. The van der Waals surface area contributed by atoms with Crippen molar-refractivity contribution in [2.75, 3.05) is 20.2 Å². The van der Waals surface area contributed by atoms with E-state index in [1.54, 1.807) is 41.7 Å². The molecule has 1 aliphatic heterocycles. The van der Waals surface area contributed by atoms with Gasteiger partial charge in [-0.05, 0) is 61.9 Å². The van der Waals surface area contributed by atoms with Gasteiger partial charge in [-0.15, -0.1) is 0 Å². The van der Waals surface area contributed by atoms with Gasteiger partial charge in [-0.25, -0.2) is 4.99 Å². The summed E-state index contributed by atoms with van der Waals surface area (Å²) in [5.74, 6) is 0.398. The lowest BCUT2D eigenvalue weighted by molar-refractivity contribution is -0.127. The molecule has 0 fully saturated rings. The number of carbonyl (C=O) groups is 1. The number of benzene rings is 3. The third kappa shape index (κ3) is 4.64. The molecule has 0 saturated heterocycles. The Morgan fingerprint density at radius 1 is 1.18 bits per heavy atom. The van der Waals surface area contributed by atoms with Gasteiger partial charge >= 0.3 is 0 Å². The van der Waals surface area contributed by atoms with Crippen LogP contribution in [0.2, 0.25) is 5.02 Å². The van der Waals surface area contributed by atoms with Crippen molar-refractivity contribution >= 4 is 45.7 Å². The summed E-state index contributed by atoms with van der Waals surface area (Å²) in [6, 6.07) is 15.6. The van der Waals surface area contributed by atoms with Crippen LogP contribution in [0.1, 0.15) is 37.9 Å². The van der Waals surface area contributed by atoms with Crippen molar-refractivity contribution in [2.24, 2.45) is 4.99 Å². The molecule has 0 bridgehead atoms. The number of rotatable bonds is 6. The smallest absolute Gasteiger partial charge is 0.271 e. The molecule has 1 atom stereocenters. The summed E-state index contributed by atoms with van der Waals surface area (Å²) >= 11 is 7.35. The molecule has 39 heavy (non-hydrogen) atoms. The molecule has 1 aliphatic rings. The fourth-order valence-corrected chi connectivity index (χ4v) is 6.29. The lowest BCUT2D eigenvalue weighted by Crippen LogP contribution is -2.43. The van der Waals surface area contributed by atoms with Crippen molar-refractivity contribution in [1.29, 1.82) is 0 Å². The molecule has 200 valence electrons. The highest BCUT2D eigenvalue weighted by Gasteiger charge is 2.36. The van der Waals surface area contributed by atoms with Crippen LogP contribution in [-0.4, -0.2) is 40.7 Å². The summed E-state index contributed by atoms with van der Waals surface area (Å²) in [6.45, 7) is 6.70. The number of aromatic hydroxyl groups is 1. The fraction of sp³-hybridized carbons (Fsp3) is 0.233. The predicted octanol–water partition coefficient (Wildman–Crippen LogP) is 4.62. The Morgan fingerprint density at radius 3 is 2.64 bits per heavy atom. The van der Waals surface area contributed by atoms with Gasteiger partial charge in [0.2, 0.25) is 0 Å². The molecule has 0 aliphatic carbocycles. The summed E-state index contributed by atoms with van der Waals surface area (Å²) in [5.41, 5.74) is 1.79. The van der Waals surface area contributed by atoms with Crippen LogP contribution in [0.5, 0.6) is 11.5 Å².